The summed E-state index contributed by atoms with van der Waals surface area (Å²) in [6, 6.07) is 6.20. The second-order valence-corrected chi connectivity index (χ2v) is 3.69. The molecule has 0 N–H and O–H groups in total. The molecule has 1 aromatic heterocycles. The lowest BCUT2D eigenvalue weighted by molar-refractivity contribution is -0.117. The molecule has 0 radical (unpaired) electrons. The zero-order valence-electron chi connectivity index (χ0n) is 9.31. The number of aryl methyl sites for hydroxylation is 1. The van der Waals surface area contributed by atoms with E-state index >= 15 is 0 Å². The van der Waals surface area contributed by atoms with Crippen molar-refractivity contribution in [1.29, 1.82) is 0 Å². The Balaban J connectivity index is 2.18. The molecule has 0 amide bonds. The van der Waals surface area contributed by atoms with Gasteiger partial charge in [0, 0.05) is 12.8 Å². The maximum Gasteiger partial charge on any atom is 0.227 e. The molecule has 88 valence electrons. The van der Waals surface area contributed by atoms with Crippen LogP contribution in [0.1, 0.15) is 19.2 Å². The summed E-state index contributed by atoms with van der Waals surface area (Å²) in [5, 5.41) is 3.69. The van der Waals surface area contributed by atoms with Crippen molar-refractivity contribution in [1.82, 2.24) is 10.1 Å². The van der Waals surface area contributed by atoms with Crippen LogP contribution in [0.25, 0.3) is 11.4 Å². The van der Waals surface area contributed by atoms with Gasteiger partial charge >= 0.3 is 0 Å². The van der Waals surface area contributed by atoms with Crippen LogP contribution in [-0.4, -0.2) is 15.9 Å². The molecular weight excluding hydrogens is 223 g/mol. The fourth-order valence-corrected chi connectivity index (χ4v) is 1.39. The van der Waals surface area contributed by atoms with Crippen LogP contribution in [0.3, 0.4) is 0 Å². The van der Waals surface area contributed by atoms with Gasteiger partial charge in [0.05, 0.1) is 5.56 Å². The van der Waals surface area contributed by atoms with Crippen LogP contribution in [0.15, 0.2) is 28.8 Å². The molecule has 0 saturated heterocycles. The zero-order valence-corrected chi connectivity index (χ0v) is 9.31. The first kappa shape index (κ1) is 11.4. The lowest BCUT2D eigenvalue weighted by Crippen LogP contribution is -1.94. The van der Waals surface area contributed by atoms with Gasteiger partial charge in [-0.2, -0.15) is 4.98 Å². The molecule has 0 bridgehead atoms. The van der Waals surface area contributed by atoms with Gasteiger partial charge in [0.1, 0.15) is 11.6 Å². The van der Waals surface area contributed by atoms with Gasteiger partial charge < -0.3 is 9.32 Å². The number of carbonyl (C=O) groups is 1. The van der Waals surface area contributed by atoms with E-state index in [0.29, 0.717) is 24.3 Å². The van der Waals surface area contributed by atoms with Crippen LogP contribution in [0.2, 0.25) is 0 Å². The van der Waals surface area contributed by atoms with Crippen molar-refractivity contribution >= 4 is 5.78 Å². The number of ketones is 1. The summed E-state index contributed by atoms with van der Waals surface area (Å²) < 4.78 is 18.4. The van der Waals surface area contributed by atoms with E-state index in [0.717, 1.165) is 0 Å². The molecule has 17 heavy (non-hydrogen) atoms. The van der Waals surface area contributed by atoms with Crippen molar-refractivity contribution in [2.45, 2.75) is 19.8 Å². The molecule has 0 spiro atoms. The van der Waals surface area contributed by atoms with E-state index in [-0.39, 0.29) is 11.6 Å². The second kappa shape index (κ2) is 4.86. The minimum absolute atomic E-state index is 0.0515. The summed E-state index contributed by atoms with van der Waals surface area (Å²) in [5.41, 5.74) is 0.297. The summed E-state index contributed by atoms with van der Waals surface area (Å²) in [4.78, 5) is 14.8. The third-order valence-electron chi connectivity index (χ3n) is 2.27. The molecule has 5 heteroatoms. The van der Waals surface area contributed by atoms with E-state index in [9.17, 15) is 9.18 Å². The minimum atomic E-state index is -0.397. The van der Waals surface area contributed by atoms with Crippen LogP contribution >= 0.6 is 0 Å². The van der Waals surface area contributed by atoms with E-state index in [1.807, 2.05) is 0 Å². The predicted molar refractivity (Wildman–Crippen MR) is 58.7 cm³/mol. The number of hydrogen-bond acceptors (Lipinski definition) is 4. The van der Waals surface area contributed by atoms with Crippen molar-refractivity contribution in [2.24, 2.45) is 0 Å². The number of hydrogen-bond donors (Lipinski definition) is 0. The molecule has 0 atom stereocenters. The van der Waals surface area contributed by atoms with Crippen molar-refractivity contribution in [3.8, 4) is 11.4 Å². The van der Waals surface area contributed by atoms with Gasteiger partial charge in [-0.3, -0.25) is 0 Å². The van der Waals surface area contributed by atoms with Crippen LogP contribution in [0.4, 0.5) is 4.39 Å². The summed E-state index contributed by atoms with van der Waals surface area (Å²) >= 11 is 0. The zero-order chi connectivity index (χ0) is 12.3. The molecular formula is C12H11FN2O2. The summed E-state index contributed by atoms with van der Waals surface area (Å²) in [6.07, 6.45) is 0.732. The Bertz CT molecular complexity index is 537. The largest absolute Gasteiger partial charge is 0.339 e. The third-order valence-corrected chi connectivity index (χ3v) is 2.27. The maximum atomic E-state index is 13.4. The van der Waals surface area contributed by atoms with Crippen LogP contribution in [-0.2, 0) is 11.2 Å². The van der Waals surface area contributed by atoms with E-state index in [1.165, 1.54) is 13.0 Å². The fourth-order valence-electron chi connectivity index (χ4n) is 1.39. The van der Waals surface area contributed by atoms with E-state index in [2.05, 4.69) is 10.1 Å². The summed E-state index contributed by atoms with van der Waals surface area (Å²) in [6.45, 7) is 1.49. The quantitative estimate of drug-likeness (QED) is 0.815. The molecule has 2 aromatic rings. The Kier molecular flexibility index (Phi) is 3.27. The highest BCUT2D eigenvalue weighted by atomic mass is 19.1. The molecule has 1 heterocycles. The number of nitrogens with zero attached hydrogens (tertiary/aromatic N) is 2. The first-order valence-electron chi connectivity index (χ1n) is 5.24. The Labute approximate surface area is 97.5 Å². The van der Waals surface area contributed by atoms with E-state index < -0.39 is 5.82 Å². The van der Waals surface area contributed by atoms with Crippen LogP contribution in [0, 0.1) is 5.82 Å². The Hall–Kier alpha value is -2.04. The number of aromatic nitrogens is 2. The Morgan fingerprint density at radius 3 is 2.88 bits per heavy atom. The molecule has 0 saturated carbocycles. The van der Waals surface area contributed by atoms with E-state index in [1.54, 1.807) is 18.2 Å². The molecule has 2 rings (SSSR count). The summed E-state index contributed by atoms with van der Waals surface area (Å²) in [7, 11) is 0. The monoisotopic (exact) mass is 234 g/mol. The van der Waals surface area contributed by atoms with Crippen molar-refractivity contribution in [2.75, 3.05) is 0 Å². The smallest absolute Gasteiger partial charge is 0.227 e. The predicted octanol–water partition coefficient (Wildman–Crippen LogP) is 2.40. The number of rotatable bonds is 4. The topological polar surface area (TPSA) is 56.0 Å². The third kappa shape index (κ3) is 2.75. The van der Waals surface area contributed by atoms with Gasteiger partial charge in [-0.25, -0.2) is 4.39 Å². The standard InChI is InChI=1S/C12H11FN2O2/c1-8(16)6-7-11-14-12(15-17-11)9-4-2-3-5-10(9)13/h2-5H,6-7H2,1H3. The highest BCUT2D eigenvalue weighted by molar-refractivity contribution is 5.75. The van der Waals surface area contributed by atoms with Crippen LogP contribution < -0.4 is 0 Å². The molecule has 4 nitrogen and oxygen atoms in total. The highest BCUT2D eigenvalue weighted by Crippen LogP contribution is 2.19. The first-order chi connectivity index (χ1) is 8.16. The maximum absolute atomic E-state index is 13.4. The van der Waals surface area contributed by atoms with Crippen LogP contribution in [0.5, 0.6) is 0 Å². The second-order valence-electron chi connectivity index (χ2n) is 3.69. The molecule has 1 aromatic carbocycles. The summed E-state index contributed by atoms with van der Waals surface area (Å²) in [5.74, 6) is 0.210. The number of carbonyl (C=O) groups excluding carboxylic acids is 1. The number of Topliss-reactive ketones (excluding diaryl/α,β-unsaturated/α-hetero) is 1. The first-order valence-corrected chi connectivity index (χ1v) is 5.24. The average molecular weight is 234 g/mol. The lowest BCUT2D eigenvalue weighted by atomic mass is 10.2. The molecule has 0 aliphatic carbocycles. The Morgan fingerprint density at radius 2 is 2.18 bits per heavy atom. The number of halogens is 1. The number of benzene rings is 1. The fraction of sp³-hybridized carbons (Fsp3) is 0.250. The van der Waals surface area contributed by atoms with Gasteiger partial charge in [-0.15, -0.1) is 0 Å². The van der Waals surface area contributed by atoms with Gasteiger partial charge in [0.25, 0.3) is 0 Å². The van der Waals surface area contributed by atoms with Gasteiger partial charge in [0.2, 0.25) is 11.7 Å². The lowest BCUT2D eigenvalue weighted by Gasteiger charge is -1.94. The van der Waals surface area contributed by atoms with E-state index in [4.69, 9.17) is 4.52 Å². The van der Waals surface area contributed by atoms with Crippen molar-refractivity contribution in [3.05, 3.63) is 36.0 Å². The molecule has 0 aliphatic heterocycles. The van der Waals surface area contributed by atoms with Gasteiger partial charge in [-0.1, -0.05) is 17.3 Å². The minimum Gasteiger partial charge on any atom is -0.339 e. The molecule has 0 unspecified atom stereocenters. The van der Waals surface area contributed by atoms with Crippen molar-refractivity contribution in [3.63, 3.8) is 0 Å². The average Bonchev–Trinajstić information content (AvgIpc) is 2.75. The molecule has 0 fully saturated rings. The SMILES string of the molecule is CC(=O)CCc1nc(-c2ccccc2F)no1. The normalized spacial score (nSPS) is 10.5. The molecule has 0 aliphatic rings. The van der Waals surface area contributed by atoms with Gasteiger partial charge in [-0.05, 0) is 19.1 Å². The van der Waals surface area contributed by atoms with Crippen molar-refractivity contribution < 1.29 is 13.7 Å². The Morgan fingerprint density at radius 1 is 1.41 bits per heavy atom. The van der Waals surface area contributed by atoms with Gasteiger partial charge in [0.15, 0.2) is 0 Å². The highest BCUT2D eigenvalue weighted by Gasteiger charge is 2.12.